The van der Waals surface area contributed by atoms with Crippen molar-refractivity contribution in [1.29, 1.82) is 0 Å². The largest absolute Gasteiger partial charge is 0.481 e. The Labute approximate surface area is 115 Å². The summed E-state index contributed by atoms with van der Waals surface area (Å²) in [7, 11) is 0. The number of nitrogens with zero attached hydrogens (tertiary/aromatic N) is 3. The van der Waals surface area contributed by atoms with Gasteiger partial charge >= 0.3 is 5.97 Å². The number of hydrogen-bond acceptors (Lipinski definition) is 4. The van der Waals surface area contributed by atoms with E-state index in [-0.39, 0.29) is 23.3 Å². The predicted molar refractivity (Wildman–Crippen MR) is 67.9 cm³/mol. The number of aromatic nitrogens is 2. The number of carbonyl (C=O) groups excluding carboxylic acids is 1. The molecule has 1 aromatic heterocycles. The molecule has 1 saturated heterocycles. The highest BCUT2D eigenvalue weighted by Crippen LogP contribution is 2.34. The fourth-order valence-corrected chi connectivity index (χ4v) is 2.34. The fourth-order valence-electron chi connectivity index (χ4n) is 2.24. The minimum absolute atomic E-state index is 0.182. The van der Waals surface area contributed by atoms with E-state index in [4.69, 9.17) is 11.6 Å². The van der Waals surface area contributed by atoms with Gasteiger partial charge in [-0.2, -0.15) is 0 Å². The van der Waals surface area contributed by atoms with Gasteiger partial charge in [0.2, 0.25) is 0 Å². The van der Waals surface area contributed by atoms with E-state index in [1.807, 2.05) is 6.92 Å². The quantitative estimate of drug-likeness (QED) is 0.908. The summed E-state index contributed by atoms with van der Waals surface area (Å²) in [6.45, 7) is 2.45. The van der Waals surface area contributed by atoms with Crippen LogP contribution in [0.2, 0.25) is 5.15 Å². The second-order valence-corrected chi connectivity index (χ2v) is 5.03. The van der Waals surface area contributed by atoms with Crippen LogP contribution in [-0.2, 0) is 4.79 Å². The maximum Gasteiger partial charge on any atom is 0.311 e. The van der Waals surface area contributed by atoms with Crippen molar-refractivity contribution < 1.29 is 14.7 Å². The van der Waals surface area contributed by atoms with Crippen LogP contribution in [-0.4, -0.2) is 44.9 Å². The molecule has 1 atom stereocenters. The molecule has 0 aliphatic carbocycles. The number of halogens is 1. The van der Waals surface area contributed by atoms with E-state index in [9.17, 15) is 14.7 Å². The number of hydrogen-bond donors (Lipinski definition) is 1. The molecule has 19 heavy (non-hydrogen) atoms. The molecule has 1 aliphatic heterocycles. The first-order valence-corrected chi connectivity index (χ1v) is 6.36. The second kappa shape index (κ2) is 5.13. The van der Waals surface area contributed by atoms with Crippen molar-refractivity contribution in [2.24, 2.45) is 5.41 Å². The zero-order chi connectivity index (χ0) is 14.0. The Bertz CT molecular complexity index is 505. The fraction of sp³-hybridized carbons (Fsp3) is 0.500. The van der Waals surface area contributed by atoms with Crippen molar-refractivity contribution >= 4 is 23.5 Å². The van der Waals surface area contributed by atoms with E-state index < -0.39 is 11.4 Å². The highest BCUT2D eigenvalue weighted by Gasteiger charge is 2.45. The van der Waals surface area contributed by atoms with Crippen molar-refractivity contribution in [2.75, 3.05) is 13.1 Å². The van der Waals surface area contributed by atoms with E-state index in [0.717, 1.165) is 0 Å². The first kappa shape index (κ1) is 13.7. The Morgan fingerprint density at radius 3 is 2.68 bits per heavy atom. The normalized spacial score (nSPS) is 22.5. The molecule has 0 bridgehead atoms. The van der Waals surface area contributed by atoms with Gasteiger partial charge in [-0.15, -0.1) is 0 Å². The van der Waals surface area contributed by atoms with Crippen LogP contribution >= 0.6 is 11.6 Å². The van der Waals surface area contributed by atoms with Crippen LogP contribution in [0.5, 0.6) is 0 Å². The van der Waals surface area contributed by atoms with Crippen LogP contribution < -0.4 is 0 Å². The lowest BCUT2D eigenvalue weighted by Crippen LogP contribution is -2.36. The third kappa shape index (κ3) is 2.53. The molecule has 1 amide bonds. The lowest BCUT2D eigenvalue weighted by Gasteiger charge is -2.22. The highest BCUT2D eigenvalue weighted by molar-refractivity contribution is 6.29. The molecule has 2 heterocycles. The first-order valence-electron chi connectivity index (χ1n) is 5.99. The Hall–Kier alpha value is -1.69. The number of carboxylic acids is 1. The smallest absolute Gasteiger partial charge is 0.311 e. The number of amides is 1. The highest BCUT2D eigenvalue weighted by atomic mass is 35.5. The van der Waals surface area contributed by atoms with Crippen molar-refractivity contribution in [3.8, 4) is 0 Å². The van der Waals surface area contributed by atoms with E-state index in [2.05, 4.69) is 9.97 Å². The molecule has 1 unspecified atom stereocenters. The molecule has 1 N–H and O–H groups in total. The summed E-state index contributed by atoms with van der Waals surface area (Å²) in [6, 6.07) is 0. The molecule has 0 saturated carbocycles. The molecular formula is C12H14ClN3O3. The van der Waals surface area contributed by atoms with Crippen molar-refractivity contribution in [2.45, 2.75) is 19.8 Å². The van der Waals surface area contributed by atoms with Crippen LogP contribution in [0.25, 0.3) is 0 Å². The number of carboxylic acid groups (broad SMARTS) is 1. The number of likely N-dealkylation sites (tertiary alicyclic amines) is 1. The summed E-state index contributed by atoms with van der Waals surface area (Å²) >= 11 is 5.61. The van der Waals surface area contributed by atoms with Gasteiger partial charge in [0, 0.05) is 13.1 Å². The number of aliphatic carboxylic acids is 1. The van der Waals surface area contributed by atoms with Gasteiger partial charge in [0.25, 0.3) is 5.91 Å². The zero-order valence-corrected chi connectivity index (χ0v) is 11.2. The molecule has 102 valence electrons. The SMILES string of the molecule is CCC1(C(=O)O)CCN(C(=O)c2cnc(Cl)cn2)C1. The van der Waals surface area contributed by atoms with E-state index in [1.165, 1.54) is 17.3 Å². The third-order valence-corrected chi connectivity index (χ3v) is 3.81. The minimum Gasteiger partial charge on any atom is -0.481 e. The molecule has 0 radical (unpaired) electrons. The Balaban J connectivity index is 2.14. The van der Waals surface area contributed by atoms with Crippen LogP contribution in [0.15, 0.2) is 12.4 Å². The van der Waals surface area contributed by atoms with Crippen LogP contribution in [0.3, 0.4) is 0 Å². The summed E-state index contributed by atoms with van der Waals surface area (Å²) in [5, 5.41) is 9.50. The van der Waals surface area contributed by atoms with E-state index in [1.54, 1.807) is 0 Å². The predicted octanol–water partition coefficient (Wildman–Crippen LogP) is 1.46. The minimum atomic E-state index is -0.854. The van der Waals surface area contributed by atoms with Crippen molar-refractivity contribution in [1.82, 2.24) is 14.9 Å². The average Bonchev–Trinajstić information content (AvgIpc) is 2.84. The van der Waals surface area contributed by atoms with Gasteiger partial charge < -0.3 is 10.0 Å². The molecule has 6 nitrogen and oxygen atoms in total. The molecule has 1 fully saturated rings. The number of rotatable bonds is 3. The molecule has 7 heteroatoms. The summed E-state index contributed by atoms with van der Waals surface area (Å²) in [5.41, 5.74) is -0.656. The van der Waals surface area contributed by atoms with Gasteiger partial charge in [-0.25, -0.2) is 9.97 Å². The standard InChI is InChI=1S/C12H14ClN3O3/c1-2-12(11(18)19)3-4-16(7-12)10(17)8-5-15-9(13)6-14-8/h5-6H,2-4,7H2,1H3,(H,18,19). The van der Waals surface area contributed by atoms with Gasteiger partial charge in [-0.3, -0.25) is 9.59 Å². The van der Waals surface area contributed by atoms with Gasteiger partial charge in [-0.05, 0) is 12.8 Å². The number of carbonyl (C=O) groups is 2. The zero-order valence-electron chi connectivity index (χ0n) is 10.5. The summed E-state index contributed by atoms with van der Waals surface area (Å²) in [5.74, 6) is -1.16. The molecule has 1 aromatic rings. The monoisotopic (exact) mass is 283 g/mol. The molecule has 0 spiro atoms. The van der Waals surface area contributed by atoms with Gasteiger partial charge in [0.15, 0.2) is 0 Å². The van der Waals surface area contributed by atoms with Crippen LogP contribution in [0.1, 0.15) is 30.3 Å². The lowest BCUT2D eigenvalue weighted by atomic mass is 9.84. The van der Waals surface area contributed by atoms with E-state index >= 15 is 0 Å². The van der Waals surface area contributed by atoms with Crippen LogP contribution in [0.4, 0.5) is 0 Å². The third-order valence-electron chi connectivity index (χ3n) is 3.61. The van der Waals surface area contributed by atoms with Crippen LogP contribution in [0, 0.1) is 5.41 Å². The van der Waals surface area contributed by atoms with Gasteiger partial charge in [0.1, 0.15) is 10.8 Å². The Morgan fingerprint density at radius 1 is 1.47 bits per heavy atom. The first-order chi connectivity index (χ1) is 8.98. The Kier molecular flexibility index (Phi) is 3.71. The topological polar surface area (TPSA) is 83.4 Å². The molecular weight excluding hydrogens is 270 g/mol. The van der Waals surface area contributed by atoms with Gasteiger partial charge in [0.05, 0.1) is 17.8 Å². The van der Waals surface area contributed by atoms with E-state index in [0.29, 0.717) is 19.4 Å². The summed E-state index contributed by atoms with van der Waals surface area (Å²) < 4.78 is 0. The second-order valence-electron chi connectivity index (χ2n) is 4.64. The average molecular weight is 284 g/mol. The lowest BCUT2D eigenvalue weighted by molar-refractivity contribution is -0.148. The van der Waals surface area contributed by atoms with Gasteiger partial charge in [-0.1, -0.05) is 18.5 Å². The maximum atomic E-state index is 12.2. The molecule has 0 aromatic carbocycles. The maximum absolute atomic E-state index is 12.2. The summed E-state index contributed by atoms with van der Waals surface area (Å²) in [6.07, 6.45) is 3.57. The summed E-state index contributed by atoms with van der Waals surface area (Å²) in [4.78, 5) is 32.7. The molecule has 2 rings (SSSR count). The van der Waals surface area contributed by atoms with Crippen molar-refractivity contribution in [3.63, 3.8) is 0 Å². The Morgan fingerprint density at radius 2 is 2.21 bits per heavy atom. The van der Waals surface area contributed by atoms with Crippen molar-refractivity contribution in [3.05, 3.63) is 23.2 Å². The molecule has 1 aliphatic rings.